The van der Waals surface area contributed by atoms with E-state index in [-0.39, 0.29) is 0 Å². The van der Waals surface area contributed by atoms with Gasteiger partial charge in [-0.2, -0.15) is 0 Å². The smallest absolute Gasteiger partial charge is 0.191 e. The van der Waals surface area contributed by atoms with Gasteiger partial charge in [0.15, 0.2) is 5.96 Å². The highest BCUT2D eigenvalue weighted by Gasteiger charge is 2.36. The lowest BCUT2D eigenvalue weighted by Gasteiger charge is -2.42. The Bertz CT molecular complexity index is 441. The molecule has 0 amide bonds. The second-order valence-corrected chi connectivity index (χ2v) is 5.86. The maximum atomic E-state index is 5.24. The topological polar surface area (TPSA) is 45.7 Å². The largest absolute Gasteiger partial charge is 0.385 e. The van der Waals surface area contributed by atoms with Crippen molar-refractivity contribution in [1.82, 2.24) is 10.6 Å². The number of hydrogen-bond donors (Lipinski definition) is 2. The van der Waals surface area contributed by atoms with Crippen LogP contribution in [0.2, 0.25) is 0 Å². The van der Waals surface area contributed by atoms with Crippen LogP contribution in [0, 0.1) is 5.41 Å². The molecule has 0 saturated heterocycles. The molecule has 0 spiro atoms. The lowest BCUT2D eigenvalue weighted by Crippen LogP contribution is -2.46. The van der Waals surface area contributed by atoms with Crippen molar-refractivity contribution in [3.8, 4) is 0 Å². The van der Waals surface area contributed by atoms with Gasteiger partial charge in [0.1, 0.15) is 0 Å². The van der Waals surface area contributed by atoms with Gasteiger partial charge >= 0.3 is 0 Å². The van der Waals surface area contributed by atoms with Crippen LogP contribution in [0.3, 0.4) is 0 Å². The number of nitrogens with one attached hydrogen (secondary N) is 2. The summed E-state index contributed by atoms with van der Waals surface area (Å²) in [6.45, 7) is 2.62. The molecule has 4 heteroatoms. The first-order valence-electron chi connectivity index (χ1n) is 7.75. The number of hydrogen-bond acceptors (Lipinski definition) is 2. The molecule has 0 bridgehead atoms. The van der Waals surface area contributed by atoms with E-state index in [9.17, 15) is 0 Å². The highest BCUT2D eigenvalue weighted by atomic mass is 16.5. The highest BCUT2D eigenvalue weighted by molar-refractivity contribution is 5.79. The van der Waals surface area contributed by atoms with Gasteiger partial charge in [-0.15, -0.1) is 0 Å². The maximum Gasteiger partial charge on any atom is 0.191 e. The van der Waals surface area contributed by atoms with E-state index in [0.717, 1.165) is 32.1 Å². The summed E-state index contributed by atoms with van der Waals surface area (Å²) in [5, 5.41) is 6.84. The average Bonchev–Trinajstić information content (AvgIpc) is 2.49. The van der Waals surface area contributed by atoms with Crippen molar-refractivity contribution in [2.24, 2.45) is 10.4 Å². The number of methoxy groups -OCH3 is 1. The molecule has 1 fully saturated rings. The fourth-order valence-corrected chi connectivity index (χ4v) is 2.78. The number of aliphatic imine (C=N–C) groups is 1. The Kier molecular flexibility index (Phi) is 6.05. The third-order valence-electron chi connectivity index (χ3n) is 4.41. The molecule has 2 rings (SSSR count). The van der Waals surface area contributed by atoms with Crippen LogP contribution in [0.5, 0.6) is 0 Å². The Morgan fingerprint density at radius 2 is 2.00 bits per heavy atom. The van der Waals surface area contributed by atoms with Crippen molar-refractivity contribution >= 4 is 5.96 Å². The lowest BCUT2D eigenvalue weighted by molar-refractivity contribution is 0.0732. The van der Waals surface area contributed by atoms with E-state index in [0.29, 0.717) is 5.41 Å². The first kappa shape index (κ1) is 15.8. The first-order valence-corrected chi connectivity index (χ1v) is 7.75. The zero-order chi connectivity index (χ0) is 15.0. The fourth-order valence-electron chi connectivity index (χ4n) is 2.78. The molecular formula is C17H27N3O. The van der Waals surface area contributed by atoms with Gasteiger partial charge < -0.3 is 15.4 Å². The Balaban J connectivity index is 1.77. The molecule has 1 aliphatic carbocycles. The quantitative estimate of drug-likeness (QED) is 0.599. The molecule has 1 aromatic carbocycles. The van der Waals surface area contributed by atoms with Crippen LogP contribution in [0.4, 0.5) is 0 Å². The van der Waals surface area contributed by atoms with Gasteiger partial charge in [0.2, 0.25) is 0 Å². The third kappa shape index (κ3) is 4.74. The molecule has 0 aromatic heterocycles. The minimum atomic E-state index is 0.403. The minimum absolute atomic E-state index is 0.403. The summed E-state index contributed by atoms with van der Waals surface area (Å²) in [6.07, 6.45) is 5.05. The predicted octanol–water partition coefficient (Wildman–Crippen LogP) is 2.56. The number of ether oxygens (including phenoxy) is 1. The van der Waals surface area contributed by atoms with Crippen molar-refractivity contribution < 1.29 is 4.74 Å². The molecule has 0 unspecified atom stereocenters. The van der Waals surface area contributed by atoms with Crippen molar-refractivity contribution in [2.45, 2.75) is 32.2 Å². The second kappa shape index (κ2) is 8.03. The van der Waals surface area contributed by atoms with Gasteiger partial charge in [-0.25, -0.2) is 0 Å². The van der Waals surface area contributed by atoms with Crippen LogP contribution in [-0.2, 0) is 11.3 Å². The van der Waals surface area contributed by atoms with Gasteiger partial charge in [0.05, 0.1) is 0 Å². The predicted molar refractivity (Wildman–Crippen MR) is 87.4 cm³/mol. The zero-order valence-electron chi connectivity index (χ0n) is 13.2. The molecule has 0 atom stereocenters. The van der Waals surface area contributed by atoms with E-state index in [1.807, 2.05) is 13.1 Å². The number of guanidine groups is 1. The Labute approximate surface area is 128 Å². The summed E-state index contributed by atoms with van der Waals surface area (Å²) in [5.74, 6) is 0.877. The standard InChI is InChI=1S/C17H27N3O/c1-18-16(19-13-15-7-4-3-5-8-15)20-14-17(9-6-10-17)11-12-21-2/h3-5,7-8H,6,9-14H2,1-2H3,(H2,18,19,20). The molecule has 1 aromatic rings. The van der Waals surface area contributed by atoms with Gasteiger partial charge in [-0.1, -0.05) is 36.8 Å². The summed E-state index contributed by atoms with van der Waals surface area (Å²) in [7, 11) is 3.60. The van der Waals surface area contributed by atoms with Crippen LogP contribution in [0.15, 0.2) is 35.3 Å². The maximum absolute atomic E-state index is 5.24. The van der Waals surface area contributed by atoms with Crippen LogP contribution in [0.25, 0.3) is 0 Å². The molecule has 116 valence electrons. The molecule has 1 aliphatic rings. The molecule has 2 N–H and O–H groups in total. The monoisotopic (exact) mass is 289 g/mol. The van der Waals surface area contributed by atoms with Gasteiger partial charge in [0, 0.05) is 33.9 Å². The number of nitrogens with zero attached hydrogens (tertiary/aromatic N) is 1. The van der Waals surface area contributed by atoms with Crippen LogP contribution < -0.4 is 10.6 Å². The van der Waals surface area contributed by atoms with Crippen molar-refractivity contribution in [2.75, 3.05) is 27.3 Å². The van der Waals surface area contributed by atoms with Gasteiger partial charge in [0.25, 0.3) is 0 Å². The molecule has 21 heavy (non-hydrogen) atoms. The Morgan fingerprint density at radius 3 is 2.57 bits per heavy atom. The van der Waals surface area contributed by atoms with Gasteiger partial charge in [-0.05, 0) is 30.2 Å². The van der Waals surface area contributed by atoms with E-state index in [4.69, 9.17) is 4.74 Å². The van der Waals surface area contributed by atoms with Crippen molar-refractivity contribution in [1.29, 1.82) is 0 Å². The van der Waals surface area contributed by atoms with Crippen molar-refractivity contribution in [3.63, 3.8) is 0 Å². The summed E-state index contributed by atoms with van der Waals surface area (Å²) in [6, 6.07) is 10.4. The molecule has 0 radical (unpaired) electrons. The molecule has 0 aliphatic heterocycles. The van der Waals surface area contributed by atoms with Crippen LogP contribution in [-0.4, -0.2) is 33.3 Å². The fraction of sp³-hybridized carbons (Fsp3) is 0.588. The normalized spacial score (nSPS) is 17.1. The third-order valence-corrected chi connectivity index (χ3v) is 4.41. The average molecular weight is 289 g/mol. The number of benzene rings is 1. The van der Waals surface area contributed by atoms with Crippen molar-refractivity contribution in [3.05, 3.63) is 35.9 Å². The Morgan fingerprint density at radius 1 is 1.24 bits per heavy atom. The molecule has 4 nitrogen and oxygen atoms in total. The lowest BCUT2D eigenvalue weighted by atomic mass is 9.67. The summed E-state index contributed by atoms with van der Waals surface area (Å²) < 4.78 is 5.24. The van der Waals surface area contributed by atoms with Crippen LogP contribution >= 0.6 is 0 Å². The van der Waals surface area contributed by atoms with E-state index < -0.39 is 0 Å². The van der Waals surface area contributed by atoms with E-state index in [1.54, 1.807) is 7.11 Å². The van der Waals surface area contributed by atoms with E-state index in [1.165, 1.54) is 24.8 Å². The Hall–Kier alpha value is -1.55. The highest BCUT2D eigenvalue weighted by Crippen LogP contribution is 2.43. The summed E-state index contributed by atoms with van der Waals surface area (Å²) >= 11 is 0. The second-order valence-electron chi connectivity index (χ2n) is 5.86. The van der Waals surface area contributed by atoms with Crippen LogP contribution in [0.1, 0.15) is 31.2 Å². The summed E-state index contributed by atoms with van der Waals surface area (Å²) in [5.41, 5.74) is 1.67. The van der Waals surface area contributed by atoms with Gasteiger partial charge in [-0.3, -0.25) is 4.99 Å². The SMILES string of the molecule is CN=C(NCc1ccccc1)NCC1(CCOC)CCC1. The first-order chi connectivity index (χ1) is 10.3. The summed E-state index contributed by atoms with van der Waals surface area (Å²) in [4.78, 5) is 4.31. The molecule has 1 saturated carbocycles. The van der Waals surface area contributed by atoms with E-state index >= 15 is 0 Å². The molecule has 0 heterocycles. The van der Waals surface area contributed by atoms with E-state index in [2.05, 4.69) is 39.9 Å². The molecular weight excluding hydrogens is 262 g/mol. The number of rotatable bonds is 7. The minimum Gasteiger partial charge on any atom is -0.385 e. The zero-order valence-corrected chi connectivity index (χ0v) is 13.2.